The summed E-state index contributed by atoms with van der Waals surface area (Å²) in [4.78, 5) is 36.5. The van der Waals surface area contributed by atoms with Crippen molar-refractivity contribution in [3.63, 3.8) is 0 Å². The van der Waals surface area contributed by atoms with Gasteiger partial charge in [-0.1, -0.05) is 99.6 Å². The third kappa shape index (κ3) is 30.8. The summed E-state index contributed by atoms with van der Waals surface area (Å²) in [7, 11) is 5.35. The van der Waals surface area contributed by atoms with Gasteiger partial charge >= 0.3 is 11.9 Å². The highest BCUT2D eigenvalue weighted by molar-refractivity contribution is 5.70. The molecule has 0 bridgehead atoms. The van der Waals surface area contributed by atoms with E-state index in [2.05, 4.69) is 86.8 Å². The number of allylic oxidation sites excluding steroid dienone is 12. The van der Waals surface area contributed by atoms with Crippen molar-refractivity contribution < 1.29 is 38.2 Å². The molecule has 0 fully saturated rings. The molecule has 0 aromatic carbocycles. The number of likely N-dealkylation sites (N-methyl/N-ethyl adjacent to an activating group) is 1. The van der Waals surface area contributed by atoms with Crippen molar-refractivity contribution >= 4 is 17.9 Å². The van der Waals surface area contributed by atoms with Crippen molar-refractivity contribution in [2.24, 2.45) is 0 Å². The zero-order valence-corrected chi connectivity index (χ0v) is 32.0. The van der Waals surface area contributed by atoms with Gasteiger partial charge in [-0.2, -0.15) is 0 Å². The van der Waals surface area contributed by atoms with Crippen LogP contribution in [0, 0.1) is 0 Å². The molecule has 284 valence electrons. The van der Waals surface area contributed by atoms with E-state index >= 15 is 0 Å². The predicted molar refractivity (Wildman–Crippen MR) is 203 cm³/mol. The molecule has 0 aromatic rings. The van der Waals surface area contributed by atoms with Crippen LogP contribution in [0.15, 0.2) is 72.9 Å². The van der Waals surface area contributed by atoms with Gasteiger partial charge in [-0.15, -0.1) is 0 Å². The van der Waals surface area contributed by atoms with Crippen molar-refractivity contribution in [3.8, 4) is 0 Å². The average Bonchev–Trinajstić information content (AvgIpc) is 3.06. The molecule has 8 heteroatoms. The van der Waals surface area contributed by atoms with Gasteiger partial charge in [0.1, 0.15) is 12.6 Å². The van der Waals surface area contributed by atoms with Gasteiger partial charge in [0, 0.05) is 19.3 Å². The molecule has 0 aliphatic heterocycles. The van der Waals surface area contributed by atoms with Crippen molar-refractivity contribution in [1.29, 1.82) is 0 Å². The number of ether oxygens (including phenoxy) is 3. The first-order valence-corrected chi connectivity index (χ1v) is 19.0. The number of hydrogen-bond acceptors (Lipinski definition) is 7. The highest BCUT2D eigenvalue weighted by Gasteiger charge is 2.25. The fourth-order valence-corrected chi connectivity index (χ4v) is 4.86. The van der Waals surface area contributed by atoms with Crippen LogP contribution in [-0.4, -0.2) is 75.5 Å². The van der Waals surface area contributed by atoms with E-state index in [0.717, 1.165) is 51.4 Å². The SMILES string of the molecule is CC/C=C/C/C=C/CCCCC(=O)OCC(COCCC(C(=O)[O-])[N+](C)(C)C)OC(=O)CCC/C=C/C/C=C/C/C=C/C/C=C/CCCCC. The Morgan fingerprint density at radius 3 is 1.64 bits per heavy atom. The minimum atomic E-state index is -1.14. The number of carbonyl (C=O) groups excluding carboxylic acids is 3. The molecule has 2 atom stereocenters. The van der Waals surface area contributed by atoms with Crippen LogP contribution in [0.1, 0.15) is 123 Å². The second kappa shape index (κ2) is 32.9. The molecule has 0 N–H and O–H groups in total. The summed E-state index contributed by atoms with van der Waals surface area (Å²) in [6.45, 7) is 4.37. The van der Waals surface area contributed by atoms with E-state index in [1.54, 1.807) is 21.1 Å². The third-order valence-electron chi connectivity index (χ3n) is 7.83. The molecule has 0 aromatic heterocycles. The number of aliphatic carboxylic acids is 1. The molecule has 0 rings (SSSR count). The van der Waals surface area contributed by atoms with Crippen molar-refractivity contribution in [1.82, 2.24) is 0 Å². The molecule has 8 nitrogen and oxygen atoms in total. The second-order valence-corrected chi connectivity index (χ2v) is 13.4. The topological polar surface area (TPSA) is 102 Å². The van der Waals surface area contributed by atoms with Crippen molar-refractivity contribution in [2.45, 2.75) is 135 Å². The first-order chi connectivity index (χ1) is 24.1. The molecular formula is C42H69NO7. The molecule has 50 heavy (non-hydrogen) atoms. The Morgan fingerprint density at radius 1 is 0.620 bits per heavy atom. The monoisotopic (exact) mass is 700 g/mol. The van der Waals surface area contributed by atoms with Crippen LogP contribution in [-0.2, 0) is 28.6 Å². The lowest BCUT2D eigenvalue weighted by molar-refractivity contribution is -0.889. The summed E-state index contributed by atoms with van der Waals surface area (Å²) in [5, 5.41) is 11.6. The lowest BCUT2D eigenvalue weighted by Crippen LogP contribution is -2.55. The zero-order chi connectivity index (χ0) is 37.1. The van der Waals surface area contributed by atoms with E-state index in [-0.39, 0.29) is 55.5 Å². The highest BCUT2D eigenvalue weighted by Crippen LogP contribution is 2.10. The average molecular weight is 700 g/mol. The summed E-state index contributed by atoms with van der Waals surface area (Å²) >= 11 is 0. The van der Waals surface area contributed by atoms with Gasteiger partial charge in [0.15, 0.2) is 6.10 Å². The molecular weight excluding hydrogens is 630 g/mol. The van der Waals surface area contributed by atoms with Gasteiger partial charge in [-0.3, -0.25) is 9.59 Å². The van der Waals surface area contributed by atoms with Gasteiger partial charge in [0.2, 0.25) is 0 Å². The molecule has 2 unspecified atom stereocenters. The van der Waals surface area contributed by atoms with Gasteiger partial charge in [-0.05, 0) is 77.0 Å². The summed E-state index contributed by atoms with van der Waals surface area (Å²) < 4.78 is 16.9. The Balaban J connectivity index is 4.56. The number of unbranched alkanes of at least 4 members (excludes halogenated alkanes) is 6. The second-order valence-electron chi connectivity index (χ2n) is 13.4. The number of carboxylic acids is 1. The molecule has 0 saturated carbocycles. The molecule has 0 aliphatic rings. The largest absolute Gasteiger partial charge is 0.544 e. The van der Waals surface area contributed by atoms with E-state index in [1.165, 1.54) is 25.7 Å². The van der Waals surface area contributed by atoms with Gasteiger partial charge < -0.3 is 28.6 Å². The first kappa shape index (κ1) is 46.8. The maximum absolute atomic E-state index is 12.6. The minimum Gasteiger partial charge on any atom is -0.544 e. The molecule has 0 radical (unpaired) electrons. The summed E-state index contributed by atoms with van der Waals surface area (Å²) in [6.07, 6.45) is 39.5. The fraction of sp³-hybridized carbons (Fsp3) is 0.643. The van der Waals surface area contributed by atoms with E-state index in [4.69, 9.17) is 14.2 Å². The summed E-state index contributed by atoms with van der Waals surface area (Å²) in [6, 6.07) is -0.741. The van der Waals surface area contributed by atoms with E-state index < -0.39 is 18.1 Å². The molecule has 0 aliphatic carbocycles. The van der Waals surface area contributed by atoms with Crippen molar-refractivity contribution in [3.05, 3.63) is 72.9 Å². The Labute approximate surface area is 304 Å². The van der Waals surface area contributed by atoms with E-state index in [0.29, 0.717) is 12.8 Å². The van der Waals surface area contributed by atoms with Crippen molar-refractivity contribution in [2.75, 3.05) is 41.0 Å². The lowest BCUT2D eigenvalue weighted by Gasteiger charge is -2.34. The third-order valence-corrected chi connectivity index (χ3v) is 7.83. The number of nitrogens with zero attached hydrogens (tertiary/aromatic N) is 1. The molecule has 0 spiro atoms. The van der Waals surface area contributed by atoms with Crippen LogP contribution in [0.3, 0.4) is 0 Å². The molecule has 0 amide bonds. The molecule has 0 saturated heterocycles. The number of esters is 2. The normalized spacial score (nSPS) is 13.9. The Bertz CT molecular complexity index is 1050. The zero-order valence-electron chi connectivity index (χ0n) is 32.0. The van der Waals surface area contributed by atoms with Gasteiger partial charge in [0.05, 0.1) is 40.3 Å². The maximum Gasteiger partial charge on any atom is 0.306 e. The number of quaternary nitrogens is 1. The Morgan fingerprint density at radius 2 is 1.12 bits per heavy atom. The van der Waals surface area contributed by atoms with E-state index in [1.807, 2.05) is 0 Å². The first-order valence-electron chi connectivity index (χ1n) is 19.0. The van der Waals surface area contributed by atoms with Crippen LogP contribution >= 0.6 is 0 Å². The number of carbonyl (C=O) groups is 3. The molecule has 0 heterocycles. The number of hydrogen-bond donors (Lipinski definition) is 0. The lowest BCUT2D eigenvalue weighted by atomic mass is 10.1. The van der Waals surface area contributed by atoms with Crippen LogP contribution in [0.4, 0.5) is 0 Å². The summed E-state index contributed by atoms with van der Waals surface area (Å²) in [5.41, 5.74) is 0. The van der Waals surface area contributed by atoms with E-state index in [9.17, 15) is 19.5 Å². The fourth-order valence-electron chi connectivity index (χ4n) is 4.86. The van der Waals surface area contributed by atoms with Gasteiger partial charge in [0.25, 0.3) is 0 Å². The smallest absolute Gasteiger partial charge is 0.306 e. The summed E-state index contributed by atoms with van der Waals surface area (Å²) in [5.74, 6) is -1.87. The Hall–Kier alpha value is -3.23. The van der Waals surface area contributed by atoms with Gasteiger partial charge in [-0.25, -0.2) is 0 Å². The number of rotatable bonds is 32. The standard InChI is InChI=1S/C42H69NO7/c1-6-8-10-12-14-16-17-18-19-20-21-22-23-25-27-29-31-33-41(45)50-38(36-48-35-34-39(42(46)47)43(3,4)5)37-49-40(44)32-30-28-26-24-15-13-11-9-7-2/h9,11,14-16,18-19,21-22,24-25,27,38-39H,6-8,10,12-13,17,20,23,26,28-37H2,1-5H3/b11-9+,16-14+,19-18+,22-21+,24-15+,27-25+. The van der Waals surface area contributed by atoms with Crippen LogP contribution in [0.5, 0.6) is 0 Å². The Kier molecular flexibility index (Phi) is 30.8. The number of carboxylic acid groups (broad SMARTS) is 1. The van der Waals surface area contributed by atoms with Crippen LogP contribution in [0.25, 0.3) is 0 Å². The predicted octanol–water partition coefficient (Wildman–Crippen LogP) is 8.29. The quantitative estimate of drug-likeness (QED) is 0.0301. The maximum atomic E-state index is 12.6. The minimum absolute atomic E-state index is 0.00434. The highest BCUT2D eigenvalue weighted by atomic mass is 16.6. The van der Waals surface area contributed by atoms with Crippen LogP contribution < -0.4 is 5.11 Å². The van der Waals surface area contributed by atoms with Crippen LogP contribution in [0.2, 0.25) is 0 Å².